The summed E-state index contributed by atoms with van der Waals surface area (Å²) in [7, 11) is 0. The molecule has 147 heavy (non-hydrogen) atoms. The molecule has 0 saturated carbocycles. The first-order valence-electron chi connectivity index (χ1n) is 47.5. The van der Waals surface area contributed by atoms with E-state index in [1.165, 1.54) is 95.9 Å². The summed E-state index contributed by atoms with van der Waals surface area (Å²) in [6.07, 6.45) is 13.1. The molecule has 5 fully saturated rings. The van der Waals surface area contributed by atoms with Crippen molar-refractivity contribution < 1.29 is 168 Å². The number of alkyl halides is 1. The highest BCUT2D eigenvalue weighted by atomic mass is 79.9. The summed E-state index contributed by atoms with van der Waals surface area (Å²) >= 11 is 7.63. The van der Waals surface area contributed by atoms with E-state index in [9.17, 15) is 120 Å². The summed E-state index contributed by atoms with van der Waals surface area (Å²) in [5.74, 6) is -8.01. The topological polar surface area (TPSA) is 598 Å². The number of hydrogen-bond donors (Lipinski definition) is 4. The van der Waals surface area contributed by atoms with Gasteiger partial charge in [0.25, 0.3) is 59.1 Å². The number of piperidine rings is 1. The van der Waals surface area contributed by atoms with Gasteiger partial charge in [-0.3, -0.25) is 140 Å². The van der Waals surface area contributed by atoms with Crippen molar-refractivity contribution in [2.75, 3.05) is 163 Å². The summed E-state index contributed by atoms with van der Waals surface area (Å²) in [6, 6.07) is -1.63. The van der Waals surface area contributed by atoms with Crippen molar-refractivity contribution >= 4 is 170 Å². The molecule has 0 aromatic carbocycles. The Balaban J connectivity index is 0.000000450. The lowest BCUT2D eigenvalue weighted by Gasteiger charge is -2.41. The molecule has 4 N–H and O–H groups in total. The van der Waals surface area contributed by atoms with Crippen LogP contribution in [0.4, 0.5) is 14.4 Å². The predicted octanol–water partition coefficient (Wildman–Crippen LogP) is 2.09. The second-order valence-corrected chi connectivity index (χ2v) is 40.2. The smallest absolute Gasteiger partial charge is 0.410 e. The Hall–Kier alpha value is -12.8. The van der Waals surface area contributed by atoms with E-state index in [1.807, 2.05) is 46.4 Å². The van der Waals surface area contributed by atoms with Crippen molar-refractivity contribution in [1.29, 1.82) is 0 Å². The summed E-state index contributed by atoms with van der Waals surface area (Å²) in [5, 5.41) is 30.1. The highest BCUT2D eigenvalue weighted by molar-refractivity contribution is 9.09. The van der Waals surface area contributed by atoms with Crippen molar-refractivity contribution in [1.82, 2.24) is 69.0 Å². The number of halogens is 2. The minimum absolute atomic E-state index is 0.00372. The van der Waals surface area contributed by atoms with Crippen LogP contribution in [-0.4, -0.2) is 442 Å². The molecule has 10 aliphatic rings. The van der Waals surface area contributed by atoms with E-state index in [2.05, 4.69) is 32.8 Å². The van der Waals surface area contributed by atoms with Gasteiger partial charge in [0.05, 0.1) is 56.4 Å². The molecule has 49 nitrogen and oxygen atoms in total. The summed E-state index contributed by atoms with van der Waals surface area (Å²) in [5.41, 5.74) is -2.76. The van der Waals surface area contributed by atoms with Gasteiger partial charge in [0.15, 0.2) is 0 Å². The molecule has 820 valence electrons. The number of carbonyl (C=O) groups excluding carboxylic acids is 23. The highest BCUT2D eigenvalue weighted by Gasteiger charge is 2.41. The Morgan fingerprint density at radius 2 is 0.633 bits per heavy atom. The van der Waals surface area contributed by atoms with E-state index >= 15 is 0 Å². The van der Waals surface area contributed by atoms with Crippen LogP contribution >= 0.6 is 27.5 Å². The third kappa shape index (κ3) is 49.5. The molecule has 0 bridgehead atoms. The van der Waals surface area contributed by atoms with Crippen molar-refractivity contribution in [3.05, 3.63) is 60.8 Å². The fourth-order valence-corrected chi connectivity index (χ4v) is 14.6. The molecule has 5 atom stereocenters. The van der Waals surface area contributed by atoms with E-state index in [0.717, 1.165) is 55.9 Å². The SMILES string of the molecule is CC(=O)Cl.CC(=O)OCC1CN(C(=O)CCN2C(=O)C=CC2=O)CCN1.CC(=O)OCC1CN(C(=O)CCN2C(=O)C=CC2=O)CCN1C(=O)OC(C)(C)C.CC(=O)OCC1CN(C(=O)CCN2C(=O)C=CC2=O)CCN1CC(=O)OC(C)(C)C.CC(C)(C)OC(=O)CBr.CC(C)(C)OC(=O)N1CCCCC1CO.CC(C)(C)OC(=O)N1CCN(C(=O)CCN2C(=O)C=CC2=O)CC1CO.O=C(O)CCN1C(=O)C=CC1=O. The number of carboxylic acid groups (broad SMARTS) is 1. The van der Waals surface area contributed by atoms with Gasteiger partial charge < -0.3 is 83.0 Å². The van der Waals surface area contributed by atoms with E-state index in [1.54, 1.807) is 77.0 Å². The number of aliphatic hydroxyl groups excluding tert-OH is 2. The van der Waals surface area contributed by atoms with Crippen LogP contribution in [0.1, 0.15) is 183 Å². The fourth-order valence-electron chi connectivity index (χ4n) is 14.5. The number of hydrogen-bond acceptors (Lipinski definition) is 36. The summed E-state index contributed by atoms with van der Waals surface area (Å²) in [6.45, 7) is 36.8. The molecule has 51 heteroatoms. The molecule has 0 spiro atoms. The van der Waals surface area contributed by atoms with Gasteiger partial charge in [0.1, 0.15) is 53.2 Å². The van der Waals surface area contributed by atoms with Crippen molar-refractivity contribution in [2.45, 2.75) is 241 Å². The maximum Gasteiger partial charge on any atom is 0.410 e. The third-order valence-electron chi connectivity index (χ3n) is 21.1. The van der Waals surface area contributed by atoms with Crippen LogP contribution in [0.5, 0.6) is 0 Å². The molecule has 17 amide bonds. The number of nitrogens with one attached hydrogen (secondary N) is 1. The molecule has 0 aromatic heterocycles. The molecule has 10 aliphatic heterocycles. The lowest BCUT2D eigenvalue weighted by molar-refractivity contribution is -0.159. The van der Waals surface area contributed by atoms with Crippen molar-refractivity contribution in [3.8, 4) is 0 Å². The molecular weight excluding hydrogens is 2020 g/mol. The maximum absolute atomic E-state index is 12.6. The zero-order valence-electron chi connectivity index (χ0n) is 87.0. The van der Waals surface area contributed by atoms with Gasteiger partial charge >= 0.3 is 54.1 Å². The number of imide groups is 5. The fraction of sp³-hybridized carbons (Fsp3) is 0.646. The standard InChI is InChI=1S/C20H29N3O7.C19H27N3O7.C17H25N3O6.C14H19N3O5.C11H21NO3.C7H7NO4.C6H11BrO2.C2H3ClO/c1-14(24)29-13-15-11-22(10-9-21(15)12-19(28)30-20(2,3)4)16(25)7-8-23-17(26)5-6-18(23)27;1-13(23)28-12-14-11-20(9-10-21(14)18(27)29-19(2,3)4)15(24)7-8-22-16(25)5-6-17(22)26;1-17(2,3)26-16(25)19-9-8-18(10-12(19)11-21)13(22)6-7-20-14(23)4-5-15(20)24;1-10(18)22-9-11-8-16(7-5-15-11)12(19)4-6-17-13(20)2-3-14(17)21;1-11(2,3)15-10(14)12-7-5-4-6-9(12)8-13;9-5-1-2-6(10)8(5)4-3-7(11)12;1-6(2,3)9-5(8)4-7;1-2(3)4/h5-6,15H,7-13H2,1-4H3;5-6,14H,7-12H2,1-4H3;4-5,12,21H,6-11H2,1-3H3;2-3,11,15H,4-9H2,1H3;9,13H,4-8H2,1-3H3;1-2H,3-4H2,(H,11,12);4H2,1-3H3;1H3. The lowest BCUT2D eigenvalue weighted by atomic mass is 10.0. The Labute approximate surface area is 867 Å². The molecule has 0 radical (unpaired) electrons. The minimum Gasteiger partial charge on any atom is -0.481 e. The number of piperazine rings is 4. The molecule has 10 heterocycles. The minimum atomic E-state index is -1.03. The molecule has 0 aromatic rings. The number of aliphatic carboxylic acids is 1. The van der Waals surface area contributed by atoms with E-state index in [-0.39, 0.29) is 231 Å². The Morgan fingerprint density at radius 1 is 0.354 bits per heavy atom. The number of amides is 17. The molecule has 5 unspecified atom stereocenters. The quantitative estimate of drug-likeness (QED) is 0.0317. The van der Waals surface area contributed by atoms with Crippen molar-refractivity contribution in [2.24, 2.45) is 0 Å². The Bertz CT molecular complexity index is 4780. The third-order valence-corrected chi connectivity index (χ3v) is 21.6. The van der Waals surface area contributed by atoms with Gasteiger partial charge in [-0.25, -0.2) is 14.4 Å². The zero-order chi connectivity index (χ0) is 112. The highest BCUT2D eigenvalue weighted by Crippen LogP contribution is 2.25. The number of esters is 5. The molecule has 0 aliphatic carbocycles. The van der Waals surface area contributed by atoms with Crippen LogP contribution in [0.15, 0.2) is 60.8 Å². The van der Waals surface area contributed by atoms with Gasteiger partial charge in [-0.05, 0) is 135 Å². The summed E-state index contributed by atoms with van der Waals surface area (Å²) in [4.78, 5) is 293. The number of carbonyl (C=O) groups is 24. The maximum atomic E-state index is 12.6. The average molecular weight is 2170 g/mol. The first-order chi connectivity index (χ1) is 68.3. The number of likely N-dealkylation sites (tertiary alicyclic amines) is 1. The number of nitrogens with zero attached hydrogens (tertiary/aromatic N) is 13. The average Bonchev–Trinajstić information content (AvgIpc) is 1.31. The largest absolute Gasteiger partial charge is 0.481 e. The van der Waals surface area contributed by atoms with Gasteiger partial charge in [0, 0.05) is 232 Å². The normalized spacial score (nSPS) is 19.3. The van der Waals surface area contributed by atoms with Crippen LogP contribution < -0.4 is 5.32 Å². The monoisotopic (exact) mass is 2160 g/mol. The molecular formula is C96H142BrClN14O35. The van der Waals surface area contributed by atoms with Crippen LogP contribution in [0.25, 0.3) is 0 Å². The second kappa shape index (κ2) is 61.1. The van der Waals surface area contributed by atoms with Crippen LogP contribution in [0.2, 0.25) is 0 Å². The zero-order valence-corrected chi connectivity index (χ0v) is 89.3. The first kappa shape index (κ1) is 128. The van der Waals surface area contributed by atoms with Gasteiger partial charge in [0.2, 0.25) is 28.9 Å². The van der Waals surface area contributed by atoms with E-state index in [4.69, 9.17) is 48.1 Å². The lowest BCUT2D eigenvalue weighted by Crippen LogP contribution is -2.59. The first-order valence-corrected chi connectivity index (χ1v) is 49.0. The van der Waals surface area contributed by atoms with E-state index in [0.29, 0.717) is 45.8 Å². The molecule has 10 rings (SSSR count). The summed E-state index contributed by atoms with van der Waals surface area (Å²) < 4.78 is 41.4. The van der Waals surface area contributed by atoms with Gasteiger partial charge in [-0.15, -0.1) is 0 Å². The predicted molar refractivity (Wildman–Crippen MR) is 524 cm³/mol. The number of aliphatic hydroxyl groups is 2. The Morgan fingerprint density at radius 3 is 0.939 bits per heavy atom. The van der Waals surface area contributed by atoms with Gasteiger partial charge in [-0.2, -0.15) is 0 Å². The Kier molecular flexibility index (Phi) is 53.3. The van der Waals surface area contributed by atoms with Gasteiger partial charge in [-0.1, -0.05) is 15.9 Å². The van der Waals surface area contributed by atoms with Crippen LogP contribution in [0.3, 0.4) is 0 Å². The van der Waals surface area contributed by atoms with E-state index < -0.39 is 118 Å². The second-order valence-electron chi connectivity index (χ2n) is 39.1. The number of rotatable bonds is 26. The van der Waals surface area contributed by atoms with Crippen LogP contribution in [0, 0.1) is 0 Å². The van der Waals surface area contributed by atoms with Crippen molar-refractivity contribution in [3.63, 3.8) is 0 Å². The number of ether oxygens (including phenoxy) is 8. The number of carboxylic acids is 1. The molecule has 5 saturated heterocycles. The van der Waals surface area contributed by atoms with Crippen LogP contribution in [-0.2, 0) is 139 Å².